The lowest BCUT2D eigenvalue weighted by atomic mass is 9.91. The molecule has 0 aliphatic heterocycles. The molecule has 0 saturated carbocycles. The smallest absolute Gasteiger partial charge is 0.0273 e. The minimum Gasteiger partial charge on any atom is -0.0845 e. The summed E-state index contributed by atoms with van der Waals surface area (Å²) in [6.45, 7) is 14.4. The first-order chi connectivity index (χ1) is 8.57. The Bertz CT molecular complexity index is 373. The van der Waals surface area contributed by atoms with Gasteiger partial charge in [-0.05, 0) is 81.2 Å². The second-order valence-corrected chi connectivity index (χ2v) is 5.43. The van der Waals surface area contributed by atoms with Crippen molar-refractivity contribution in [2.24, 2.45) is 0 Å². The van der Waals surface area contributed by atoms with E-state index in [2.05, 4.69) is 33.8 Å². The molecular formula is C18H27. The Morgan fingerprint density at radius 1 is 0.889 bits per heavy atom. The molecule has 0 fully saturated rings. The van der Waals surface area contributed by atoms with Gasteiger partial charge >= 0.3 is 0 Å². The molecule has 0 saturated heterocycles. The van der Waals surface area contributed by atoms with E-state index in [4.69, 9.17) is 6.58 Å². The maximum absolute atomic E-state index is 5.38. The van der Waals surface area contributed by atoms with Crippen molar-refractivity contribution in [3.05, 3.63) is 46.5 Å². The summed E-state index contributed by atoms with van der Waals surface area (Å²) in [5.74, 6) is 0. The zero-order valence-corrected chi connectivity index (χ0v) is 12.5. The largest absolute Gasteiger partial charge is 0.0845 e. The zero-order valence-electron chi connectivity index (χ0n) is 12.5. The highest BCUT2D eigenvalue weighted by Crippen LogP contribution is 2.23. The molecule has 0 unspecified atom stereocenters. The molecule has 0 aromatic heterocycles. The van der Waals surface area contributed by atoms with Crippen LogP contribution < -0.4 is 0 Å². The van der Waals surface area contributed by atoms with Gasteiger partial charge in [-0.2, -0.15) is 0 Å². The fourth-order valence-corrected chi connectivity index (χ4v) is 2.59. The van der Waals surface area contributed by atoms with Gasteiger partial charge in [-0.1, -0.05) is 31.6 Å². The number of unbranched alkanes of at least 4 members (excludes halogenated alkanes) is 4. The molecule has 0 aliphatic carbocycles. The van der Waals surface area contributed by atoms with Gasteiger partial charge in [0.05, 0.1) is 0 Å². The van der Waals surface area contributed by atoms with Crippen molar-refractivity contribution in [1.29, 1.82) is 0 Å². The van der Waals surface area contributed by atoms with Crippen LogP contribution in [0.3, 0.4) is 0 Å². The van der Waals surface area contributed by atoms with Crippen LogP contribution in [0.15, 0.2) is 12.1 Å². The maximum Gasteiger partial charge on any atom is -0.0273 e. The maximum atomic E-state index is 5.38. The standard InChI is InChI=1S/C18H27/c1-6-7-8-9-10-11-12-18-16(4)14(2)13-15(3)17(18)5/h1,6,13H,7-12H2,2-5H3. The summed E-state index contributed by atoms with van der Waals surface area (Å²) in [5, 5.41) is 0. The van der Waals surface area contributed by atoms with Gasteiger partial charge in [0.25, 0.3) is 0 Å². The average molecular weight is 243 g/mol. The minimum absolute atomic E-state index is 1.06. The summed E-state index contributed by atoms with van der Waals surface area (Å²) in [6.07, 6.45) is 9.22. The van der Waals surface area contributed by atoms with E-state index in [1.54, 1.807) is 11.6 Å². The number of hydrogen-bond acceptors (Lipinski definition) is 0. The van der Waals surface area contributed by atoms with E-state index in [0.717, 1.165) is 6.42 Å². The van der Waals surface area contributed by atoms with Gasteiger partial charge in [-0.25, -0.2) is 0 Å². The summed E-state index contributed by atoms with van der Waals surface area (Å²) in [5.41, 5.74) is 7.44. The van der Waals surface area contributed by atoms with Crippen LogP contribution in [0.1, 0.15) is 59.9 Å². The summed E-state index contributed by atoms with van der Waals surface area (Å²) < 4.78 is 0. The van der Waals surface area contributed by atoms with E-state index in [0.29, 0.717) is 0 Å². The molecule has 0 heterocycles. The quantitative estimate of drug-likeness (QED) is 0.562. The second-order valence-electron chi connectivity index (χ2n) is 5.43. The van der Waals surface area contributed by atoms with Crippen molar-refractivity contribution >= 4 is 0 Å². The highest BCUT2D eigenvalue weighted by atomic mass is 14.1. The predicted octanol–water partition coefficient (Wildman–Crippen LogP) is 5.40. The monoisotopic (exact) mass is 243 g/mol. The normalized spacial score (nSPS) is 10.7. The number of aryl methyl sites for hydroxylation is 2. The van der Waals surface area contributed by atoms with Crippen molar-refractivity contribution < 1.29 is 0 Å². The Hall–Kier alpha value is -1.04. The van der Waals surface area contributed by atoms with E-state index < -0.39 is 0 Å². The number of allylic oxidation sites excluding steroid dienone is 1. The topological polar surface area (TPSA) is 0 Å². The van der Waals surface area contributed by atoms with E-state index >= 15 is 0 Å². The molecule has 0 nitrogen and oxygen atoms in total. The Kier molecular flexibility index (Phi) is 6.18. The Balaban J connectivity index is 2.54. The summed E-state index contributed by atoms with van der Waals surface area (Å²) in [7, 11) is 0. The van der Waals surface area contributed by atoms with Crippen molar-refractivity contribution in [2.75, 3.05) is 0 Å². The van der Waals surface area contributed by atoms with Crippen LogP contribution in [0.25, 0.3) is 0 Å². The minimum atomic E-state index is 1.06. The lowest BCUT2D eigenvalue weighted by Gasteiger charge is -2.15. The predicted molar refractivity (Wildman–Crippen MR) is 81.0 cm³/mol. The van der Waals surface area contributed by atoms with Gasteiger partial charge in [0.1, 0.15) is 0 Å². The lowest BCUT2D eigenvalue weighted by molar-refractivity contribution is 0.644. The van der Waals surface area contributed by atoms with Gasteiger partial charge in [0.15, 0.2) is 0 Å². The first-order valence-electron chi connectivity index (χ1n) is 7.17. The van der Waals surface area contributed by atoms with Crippen molar-refractivity contribution in [1.82, 2.24) is 0 Å². The molecule has 1 rings (SSSR count). The molecule has 0 amide bonds. The van der Waals surface area contributed by atoms with Crippen LogP contribution in [0.5, 0.6) is 0 Å². The van der Waals surface area contributed by atoms with Crippen LogP contribution in [0.2, 0.25) is 0 Å². The molecule has 1 radical (unpaired) electrons. The Morgan fingerprint density at radius 2 is 1.44 bits per heavy atom. The molecule has 0 heteroatoms. The Labute approximate surface area is 113 Å². The van der Waals surface area contributed by atoms with Crippen LogP contribution in [-0.4, -0.2) is 0 Å². The van der Waals surface area contributed by atoms with Crippen LogP contribution >= 0.6 is 0 Å². The third kappa shape index (κ3) is 4.01. The van der Waals surface area contributed by atoms with Crippen LogP contribution in [0.4, 0.5) is 0 Å². The van der Waals surface area contributed by atoms with Gasteiger partial charge in [0.2, 0.25) is 0 Å². The third-order valence-corrected chi connectivity index (χ3v) is 4.07. The Morgan fingerprint density at radius 3 is 2.00 bits per heavy atom. The molecule has 99 valence electrons. The summed E-state index contributed by atoms with van der Waals surface area (Å²) >= 11 is 0. The first-order valence-corrected chi connectivity index (χ1v) is 7.17. The van der Waals surface area contributed by atoms with E-state index in [-0.39, 0.29) is 0 Å². The van der Waals surface area contributed by atoms with Crippen molar-refractivity contribution in [3.8, 4) is 0 Å². The molecule has 0 atom stereocenters. The highest BCUT2D eigenvalue weighted by molar-refractivity contribution is 5.43. The molecule has 1 aromatic carbocycles. The second kappa shape index (κ2) is 7.41. The van der Waals surface area contributed by atoms with Gasteiger partial charge in [-0.3, -0.25) is 0 Å². The van der Waals surface area contributed by atoms with Gasteiger partial charge < -0.3 is 0 Å². The first kappa shape index (κ1) is 15.0. The fourth-order valence-electron chi connectivity index (χ4n) is 2.59. The number of benzene rings is 1. The number of rotatable bonds is 7. The molecule has 18 heavy (non-hydrogen) atoms. The number of hydrogen-bond donors (Lipinski definition) is 0. The summed E-state index contributed by atoms with van der Waals surface area (Å²) in [6, 6.07) is 2.31. The molecule has 0 bridgehead atoms. The van der Waals surface area contributed by atoms with E-state index in [1.807, 2.05) is 0 Å². The van der Waals surface area contributed by atoms with E-state index in [1.165, 1.54) is 54.4 Å². The molecule has 0 spiro atoms. The zero-order chi connectivity index (χ0) is 13.5. The van der Waals surface area contributed by atoms with E-state index in [9.17, 15) is 0 Å². The highest BCUT2D eigenvalue weighted by Gasteiger charge is 2.07. The SMILES string of the molecule is [CH]=CCCCCCCc1c(C)c(C)cc(C)c1C. The molecule has 0 aliphatic rings. The van der Waals surface area contributed by atoms with Crippen molar-refractivity contribution in [3.63, 3.8) is 0 Å². The van der Waals surface area contributed by atoms with Gasteiger partial charge in [-0.15, -0.1) is 0 Å². The van der Waals surface area contributed by atoms with Crippen LogP contribution in [-0.2, 0) is 6.42 Å². The molecular weight excluding hydrogens is 216 g/mol. The molecule has 0 N–H and O–H groups in total. The lowest BCUT2D eigenvalue weighted by Crippen LogP contribution is -1.99. The average Bonchev–Trinajstić information content (AvgIpc) is 2.35. The molecule has 1 aromatic rings. The van der Waals surface area contributed by atoms with Gasteiger partial charge in [0, 0.05) is 0 Å². The van der Waals surface area contributed by atoms with Crippen molar-refractivity contribution in [2.45, 2.75) is 66.2 Å². The fraction of sp³-hybridized carbons (Fsp3) is 0.556. The third-order valence-electron chi connectivity index (χ3n) is 4.07. The summed E-state index contributed by atoms with van der Waals surface area (Å²) in [4.78, 5) is 0. The van der Waals surface area contributed by atoms with Crippen LogP contribution in [0, 0.1) is 34.3 Å².